The maximum atomic E-state index is 12.5. The summed E-state index contributed by atoms with van der Waals surface area (Å²) in [5, 5.41) is 2.93. The van der Waals surface area contributed by atoms with Crippen molar-refractivity contribution in [1.29, 1.82) is 0 Å². The van der Waals surface area contributed by atoms with Gasteiger partial charge in [-0.05, 0) is 44.5 Å². The fourth-order valence-electron chi connectivity index (χ4n) is 3.35. The molecule has 2 amide bonds. The summed E-state index contributed by atoms with van der Waals surface area (Å²) < 4.78 is 10.5. The molecule has 24 heavy (non-hydrogen) atoms. The van der Waals surface area contributed by atoms with Crippen LogP contribution in [-0.4, -0.2) is 73.4 Å². The van der Waals surface area contributed by atoms with Crippen molar-refractivity contribution in [3.63, 3.8) is 0 Å². The van der Waals surface area contributed by atoms with Gasteiger partial charge >= 0.3 is 6.03 Å². The second-order valence-electron chi connectivity index (χ2n) is 6.26. The monoisotopic (exact) mass is 334 g/mol. The summed E-state index contributed by atoms with van der Waals surface area (Å²) in [6, 6.07) is 4.02. The molecule has 0 aromatic carbocycles. The van der Waals surface area contributed by atoms with Crippen LogP contribution in [0.2, 0.25) is 0 Å². The van der Waals surface area contributed by atoms with E-state index in [1.165, 1.54) is 25.9 Å². The lowest BCUT2D eigenvalue weighted by Gasteiger charge is -2.23. The van der Waals surface area contributed by atoms with Crippen LogP contribution in [0.5, 0.6) is 5.88 Å². The zero-order chi connectivity index (χ0) is 16.8. The van der Waals surface area contributed by atoms with Crippen LogP contribution >= 0.6 is 0 Å². The van der Waals surface area contributed by atoms with Gasteiger partial charge in [0.1, 0.15) is 12.3 Å². The van der Waals surface area contributed by atoms with Crippen LogP contribution in [0.25, 0.3) is 0 Å². The quantitative estimate of drug-likeness (QED) is 0.804. The largest absolute Gasteiger partial charge is 0.474 e. The van der Waals surface area contributed by atoms with Crippen LogP contribution in [0.3, 0.4) is 0 Å². The molecule has 0 spiro atoms. The van der Waals surface area contributed by atoms with Gasteiger partial charge in [0.15, 0.2) is 0 Å². The van der Waals surface area contributed by atoms with Crippen molar-refractivity contribution < 1.29 is 14.3 Å². The van der Waals surface area contributed by atoms with Crippen LogP contribution in [0, 0.1) is 0 Å². The first-order chi connectivity index (χ1) is 11.8. The SMILES string of the molecule is COCCOc1ncccc1NC(=O)N1CCC(N2CCCC2)C1. The topological polar surface area (TPSA) is 66.9 Å². The third kappa shape index (κ3) is 4.15. The van der Waals surface area contributed by atoms with E-state index in [0.29, 0.717) is 30.8 Å². The van der Waals surface area contributed by atoms with Gasteiger partial charge in [-0.3, -0.25) is 4.90 Å². The van der Waals surface area contributed by atoms with E-state index in [1.807, 2.05) is 4.90 Å². The second kappa shape index (κ2) is 8.30. The second-order valence-corrected chi connectivity index (χ2v) is 6.26. The lowest BCUT2D eigenvalue weighted by molar-refractivity contribution is 0.144. The Morgan fingerprint density at radius 1 is 1.33 bits per heavy atom. The number of pyridine rings is 1. The number of methoxy groups -OCH3 is 1. The van der Waals surface area contributed by atoms with Crippen molar-refractivity contribution in [2.45, 2.75) is 25.3 Å². The average Bonchev–Trinajstić information content (AvgIpc) is 3.28. The van der Waals surface area contributed by atoms with Crippen molar-refractivity contribution in [2.24, 2.45) is 0 Å². The number of hydrogen-bond donors (Lipinski definition) is 1. The number of urea groups is 1. The van der Waals surface area contributed by atoms with E-state index in [4.69, 9.17) is 9.47 Å². The number of carbonyl (C=O) groups is 1. The van der Waals surface area contributed by atoms with Crippen LogP contribution in [-0.2, 0) is 4.74 Å². The molecule has 7 heteroatoms. The van der Waals surface area contributed by atoms with Gasteiger partial charge in [-0.1, -0.05) is 0 Å². The Hall–Kier alpha value is -1.86. The maximum absolute atomic E-state index is 12.5. The number of rotatable bonds is 6. The van der Waals surface area contributed by atoms with Crippen molar-refractivity contribution in [2.75, 3.05) is 51.8 Å². The van der Waals surface area contributed by atoms with E-state index in [9.17, 15) is 4.79 Å². The zero-order valence-corrected chi connectivity index (χ0v) is 14.2. The number of carbonyl (C=O) groups excluding carboxylic acids is 1. The predicted molar refractivity (Wildman–Crippen MR) is 91.4 cm³/mol. The Bertz CT molecular complexity index is 548. The molecule has 1 unspecified atom stereocenters. The first-order valence-electron chi connectivity index (χ1n) is 8.64. The van der Waals surface area contributed by atoms with E-state index in [0.717, 1.165) is 19.5 Å². The van der Waals surface area contributed by atoms with Gasteiger partial charge < -0.3 is 19.7 Å². The van der Waals surface area contributed by atoms with Gasteiger partial charge in [0.05, 0.1) is 6.61 Å². The first kappa shape index (κ1) is 17.0. The normalized spacial score (nSPS) is 21.2. The molecule has 2 saturated heterocycles. The van der Waals surface area contributed by atoms with E-state index < -0.39 is 0 Å². The summed E-state index contributed by atoms with van der Waals surface area (Å²) in [5.74, 6) is 0.429. The van der Waals surface area contributed by atoms with Crippen molar-refractivity contribution in [3.05, 3.63) is 18.3 Å². The smallest absolute Gasteiger partial charge is 0.322 e. The van der Waals surface area contributed by atoms with E-state index in [1.54, 1.807) is 25.4 Å². The number of nitrogens with zero attached hydrogens (tertiary/aromatic N) is 3. The Balaban J connectivity index is 1.55. The van der Waals surface area contributed by atoms with Crippen LogP contribution < -0.4 is 10.1 Å². The minimum atomic E-state index is -0.0821. The Kier molecular flexibility index (Phi) is 5.87. The molecule has 1 N–H and O–H groups in total. The molecule has 2 aliphatic heterocycles. The molecule has 0 aliphatic carbocycles. The van der Waals surface area contributed by atoms with Gasteiger partial charge in [-0.25, -0.2) is 9.78 Å². The molecule has 1 atom stereocenters. The molecule has 0 saturated carbocycles. The summed E-state index contributed by atoms with van der Waals surface area (Å²) in [5.41, 5.74) is 0.600. The predicted octanol–water partition coefficient (Wildman–Crippen LogP) is 1.81. The third-order valence-corrected chi connectivity index (χ3v) is 4.65. The Morgan fingerprint density at radius 2 is 2.17 bits per heavy atom. The molecule has 3 heterocycles. The van der Waals surface area contributed by atoms with Gasteiger partial charge in [-0.15, -0.1) is 0 Å². The molecular weight excluding hydrogens is 308 g/mol. The number of anilines is 1. The van der Waals surface area contributed by atoms with Crippen LogP contribution in [0.15, 0.2) is 18.3 Å². The van der Waals surface area contributed by atoms with E-state index in [2.05, 4.69) is 15.2 Å². The Morgan fingerprint density at radius 3 is 2.96 bits per heavy atom. The fourth-order valence-corrected chi connectivity index (χ4v) is 3.35. The molecule has 7 nitrogen and oxygen atoms in total. The minimum absolute atomic E-state index is 0.0821. The van der Waals surface area contributed by atoms with Crippen molar-refractivity contribution in [1.82, 2.24) is 14.8 Å². The van der Waals surface area contributed by atoms with E-state index in [-0.39, 0.29) is 6.03 Å². The fraction of sp³-hybridized carbons (Fsp3) is 0.647. The highest BCUT2D eigenvalue weighted by Crippen LogP contribution is 2.24. The number of amides is 2. The molecule has 0 radical (unpaired) electrons. The highest BCUT2D eigenvalue weighted by molar-refractivity contribution is 5.90. The molecule has 2 aliphatic rings. The molecule has 1 aromatic heterocycles. The van der Waals surface area contributed by atoms with Crippen molar-refractivity contribution in [3.8, 4) is 5.88 Å². The number of hydrogen-bond acceptors (Lipinski definition) is 5. The van der Waals surface area contributed by atoms with Crippen LogP contribution in [0.4, 0.5) is 10.5 Å². The molecular formula is C17H26N4O3. The third-order valence-electron chi connectivity index (χ3n) is 4.65. The summed E-state index contributed by atoms with van der Waals surface area (Å²) >= 11 is 0. The molecule has 1 aromatic rings. The van der Waals surface area contributed by atoms with Gasteiger partial charge in [-0.2, -0.15) is 0 Å². The van der Waals surface area contributed by atoms with Gasteiger partial charge in [0.25, 0.3) is 0 Å². The molecule has 2 fully saturated rings. The standard InChI is InChI=1S/C17H26N4O3/c1-23-11-12-24-16-15(5-4-7-18-16)19-17(22)21-10-6-14(13-21)20-8-2-3-9-20/h4-5,7,14H,2-3,6,8-13H2,1H3,(H,19,22). The highest BCUT2D eigenvalue weighted by atomic mass is 16.5. The molecule has 132 valence electrons. The lowest BCUT2D eigenvalue weighted by Crippen LogP contribution is -2.38. The number of nitrogens with one attached hydrogen (secondary N) is 1. The summed E-state index contributed by atoms with van der Waals surface area (Å²) in [7, 11) is 1.62. The maximum Gasteiger partial charge on any atom is 0.322 e. The lowest BCUT2D eigenvalue weighted by atomic mass is 10.2. The van der Waals surface area contributed by atoms with Gasteiger partial charge in [0, 0.05) is 32.4 Å². The summed E-state index contributed by atoms with van der Waals surface area (Å²) in [6.07, 6.45) is 5.26. The number of ether oxygens (including phenoxy) is 2. The molecule has 0 bridgehead atoms. The summed E-state index contributed by atoms with van der Waals surface area (Å²) in [4.78, 5) is 21.1. The average molecular weight is 334 g/mol. The number of likely N-dealkylation sites (tertiary alicyclic amines) is 2. The van der Waals surface area contributed by atoms with E-state index >= 15 is 0 Å². The molecule has 3 rings (SSSR count). The zero-order valence-electron chi connectivity index (χ0n) is 14.2. The summed E-state index contributed by atoms with van der Waals surface area (Å²) in [6.45, 7) is 4.81. The Labute approximate surface area is 142 Å². The van der Waals surface area contributed by atoms with Crippen molar-refractivity contribution >= 4 is 11.7 Å². The minimum Gasteiger partial charge on any atom is -0.474 e. The highest BCUT2D eigenvalue weighted by Gasteiger charge is 2.31. The van der Waals surface area contributed by atoms with Crippen LogP contribution in [0.1, 0.15) is 19.3 Å². The number of aromatic nitrogens is 1. The van der Waals surface area contributed by atoms with Gasteiger partial charge in [0.2, 0.25) is 5.88 Å². The first-order valence-corrected chi connectivity index (χ1v) is 8.64.